The van der Waals surface area contributed by atoms with Gasteiger partial charge >= 0.3 is 0 Å². The highest BCUT2D eigenvalue weighted by molar-refractivity contribution is 5.84. The van der Waals surface area contributed by atoms with Crippen LogP contribution in [0.1, 0.15) is 25.0 Å². The fourth-order valence-corrected chi connectivity index (χ4v) is 1.79. The quantitative estimate of drug-likeness (QED) is 0.825. The molecular weight excluding hydrogens is 238 g/mol. The monoisotopic (exact) mass is 255 g/mol. The lowest BCUT2D eigenvalue weighted by molar-refractivity contribution is 0.450. The SMILES string of the molecule is CC(C)(N=Cc1ccc(O)cc1O)c1ccccc1. The number of phenols is 2. The summed E-state index contributed by atoms with van der Waals surface area (Å²) in [7, 11) is 0. The summed E-state index contributed by atoms with van der Waals surface area (Å²) in [6.45, 7) is 4.02. The molecule has 0 heterocycles. The van der Waals surface area contributed by atoms with Crippen LogP contribution in [0.4, 0.5) is 0 Å². The van der Waals surface area contributed by atoms with Crippen LogP contribution >= 0.6 is 0 Å². The van der Waals surface area contributed by atoms with Crippen LogP contribution in [0.15, 0.2) is 53.5 Å². The second-order valence-electron chi connectivity index (χ2n) is 4.93. The van der Waals surface area contributed by atoms with Crippen molar-refractivity contribution in [2.24, 2.45) is 4.99 Å². The molecule has 0 aliphatic carbocycles. The molecule has 0 atom stereocenters. The molecule has 98 valence electrons. The van der Waals surface area contributed by atoms with Gasteiger partial charge < -0.3 is 10.2 Å². The first-order valence-corrected chi connectivity index (χ1v) is 6.12. The first-order valence-electron chi connectivity index (χ1n) is 6.12. The largest absolute Gasteiger partial charge is 0.508 e. The van der Waals surface area contributed by atoms with Crippen molar-refractivity contribution in [2.75, 3.05) is 0 Å². The Labute approximate surface area is 112 Å². The molecule has 19 heavy (non-hydrogen) atoms. The minimum absolute atomic E-state index is 0.0209. The number of nitrogens with zero attached hydrogens (tertiary/aromatic N) is 1. The standard InChI is InChI=1S/C16H17NO2/c1-16(2,13-6-4-3-5-7-13)17-11-12-8-9-14(18)10-15(12)19/h3-11,18-19H,1-2H3. The minimum Gasteiger partial charge on any atom is -0.508 e. The summed E-state index contributed by atoms with van der Waals surface area (Å²) < 4.78 is 0. The molecule has 0 fully saturated rings. The van der Waals surface area contributed by atoms with E-state index in [1.165, 1.54) is 12.1 Å². The van der Waals surface area contributed by atoms with Crippen molar-refractivity contribution in [1.82, 2.24) is 0 Å². The highest BCUT2D eigenvalue weighted by Crippen LogP contribution is 2.26. The number of benzene rings is 2. The lowest BCUT2D eigenvalue weighted by Crippen LogP contribution is -2.13. The lowest BCUT2D eigenvalue weighted by atomic mass is 9.95. The van der Waals surface area contributed by atoms with Crippen LogP contribution in [-0.2, 0) is 5.54 Å². The molecule has 0 bridgehead atoms. The zero-order valence-corrected chi connectivity index (χ0v) is 11.0. The van der Waals surface area contributed by atoms with Gasteiger partial charge in [-0.2, -0.15) is 0 Å². The van der Waals surface area contributed by atoms with Crippen molar-refractivity contribution >= 4 is 6.21 Å². The Morgan fingerprint density at radius 2 is 1.68 bits per heavy atom. The van der Waals surface area contributed by atoms with Crippen LogP contribution in [0.5, 0.6) is 11.5 Å². The van der Waals surface area contributed by atoms with Crippen LogP contribution in [0, 0.1) is 0 Å². The first-order chi connectivity index (χ1) is 8.99. The average molecular weight is 255 g/mol. The maximum absolute atomic E-state index is 9.71. The number of hydrogen-bond acceptors (Lipinski definition) is 3. The summed E-state index contributed by atoms with van der Waals surface area (Å²) in [4.78, 5) is 4.52. The zero-order valence-electron chi connectivity index (χ0n) is 11.0. The molecule has 2 rings (SSSR count). The molecule has 2 N–H and O–H groups in total. The molecule has 0 radical (unpaired) electrons. The van der Waals surface area contributed by atoms with E-state index in [1.807, 2.05) is 44.2 Å². The van der Waals surface area contributed by atoms with E-state index in [1.54, 1.807) is 12.3 Å². The molecule has 0 unspecified atom stereocenters. The summed E-state index contributed by atoms with van der Waals surface area (Å²) in [5.74, 6) is 0.0598. The third-order valence-electron chi connectivity index (χ3n) is 3.02. The molecular formula is C16H17NO2. The summed E-state index contributed by atoms with van der Waals surface area (Å²) >= 11 is 0. The fraction of sp³-hybridized carbons (Fsp3) is 0.188. The molecule has 2 aromatic rings. The summed E-state index contributed by atoms with van der Waals surface area (Å²) in [6, 6.07) is 14.4. The van der Waals surface area contributed by atoms with Crippen molar-refractivity contribution in [3.63, 3.8) is 0 Å². The van der Waals surface area contributed by atoms with Crippen LogP contribution in [0.2, 0.25) is 0 Å². The Balaban J connectivity index is 2.27. The van der Waals surface area contributed by atoms with Gasteiger partial charge in [-0.1, -0.05) is 30.3 Å². The Kier molecular flexibility index (Phi) is 3.56. The van der Waals surface area contributed by atoms with Gasteiger partial charge in [0.05, 0.1) is 5.54 Å². The number of rotatable bonds is 3. The summed E-state index contributed by atoms with van der Waals surface area (Å²) in [5, 5.41) is 18.9. The molecule has 0 aliphatic heterocycles. The third-order valence-corrected chi connectivity index (χ3v) is 3.02. The fourth-order valence-electron chi connectivity index (χ4n) is 1.79. The molecule has 2 aromatic carbocycles. The van der Waals surface area contributed by atoms with Crippen molar-refractivity contribution in [3.05, 3.63) is 59.7 Å². The van der Waals surface area contributed by atoms with Crippen LogP contribution < -0.4 is 0 Å². The van der Waals surface area contributed by atoms with E-state index < -0.39 is 0 Å². The highest BCUT2D eigenvalue weighted by atomic mass is 16.3. The van der Waals surface area contributed by atoms with E-state index in [9.17, 15) is 10.2 Å². The lowest BCUT2D eigenvalue weighted by Gasteiger charge is -2.20. The molecule has 0 spiro atoms. The molecule has 3 heteroatoms. The molecule has 3 nitrogen and oxygen atoms in total. The summed E-state index contributed by atoms with van der Waals surface area (Å²) in [6.07, 6.45) is 1.63. The first kappa shape index (κ1) is 13.1. The number of aromatic hydroxyl groups is 2. The van der Waals surface area contributed by atoms with Gasteiger partial charge in [-0.3, -0.25) is 4.99 Å². The highest BCUT2D eigenvalue weighted by Gasteiger charge is 2.17. The normalized spacial score (nSPS) is 11.9. The number of hydrogen-bond donors (Lipinski definition) is 2. The number of phenolic OH excluding ortho intramolecular Hbond substituents is 2. The maximum Gasteiger partial charge on any atom is 0.128 e. The van der Waals surface area contributed by atoms with E-state index in [2.05, 4.69) is 4.99 Å². The molecule has 0 aromatic heterocycles. The zero-order chi connectivity index (χ0) is 13.9. The van der Waals surface area contributed by atoms with Crippen molar-refractivity contribution in [3.8, 4) is 11.5 Å². The van der Waals surface area contributed by atoms with Gasteiger partial charge in [0.1, 0.15) is 11.5 Å². The van der Waals surface area contributed by atoms with Crippen molar-refractivity contribution in [2.45, 2.75) is 19.4 Å². The van der Waals surface area contributed by atoms with Crippen LogP contribution in [0.3, 0.4) is 0 Å². The Morgan fingerprint density at radius 3 is 2.32 bits per heavy atom. The Bertz CT molecular complexity index is 589. The second kappa shape index (κ2) is 5.14. The van der Waals surface area contributed by atoms with Gasteiger partial charge in [0.25, 0.3) is 0 Å². The van der Waals surface area contributed by atoms with Crippen molar-refractivity contribution in [1.29, 1.82) is 0 Å². The van der Waals surface area contributed by atoms with Gasteiger partial charge in [0, 0.05) is 17.8 Å². The molecule has 0 aliphatic rings. The van der Waals surface area contributed by atoms with E-state index in [0.717, 1.165) is 5.56 Å². The summed E-state index contributed by atoms with van der Waals surface area (Å²) in [5.41, 5.74) is 1.32. The van der Waals surface area contributed by atoms with Crippen LogP contribution in [0.25, 0.3) is 0 Å². The Hall–Kier alpha value is -2.29. The van der Waals surface area contributed by atoms with E-state index >= 15 is 0 Å². The number of aliphatic imine (C=N–C) groups is 1. The molecule has 0 amide bonds. The average Bonchev–Trinajstić information content (AvgIpc) is 2.39. The van der Waals surface area contributed by atoms with Gasteiger partial charge in [-0.25, -0.2) is 0 Å². The van der Waals surface area contributed by atoms with Crippen molar-refractivity contribution < 1.29 is 10.2 Å². The van der Waals surface area contributed by atoms with E-state index in [-0.39, 0.29) is 17.0 Å². The minimum atomic E-state index is -0.369. The smallest absolute Gasteiger partial charge is 0.128 e. The second-order valence-corrected chi connectivity index (χ2v) is 4.93. The predicted octanol–water partition coefficient (Wildman–Crippen LogP) is 3.45. The van der Waals surface area contributed by atoms with Gasteiger partial charge in [0.15, 0.2) is 0 Å². The molecule has 0 saturated carbocycles. The van der Waals surface area contributed by atoms with E-state index in [4.69, 9.17) is 0 Å². The topological polar surface area (TPSA) is 52.8 Å². The van der Waals surface area contributed by atoms with Gasteiger partial charge in [0.2, 0.25) is 0 Å². The Morgan fingerprint density at radius 1 is 1.00 bits per heavy atom. The van der Waals surface area contributed by atoms with Gasteiger partial charge in [-0.15, -0.1) is 0 Å². The van der Waals surface area contributed by atoms with Gasteiger partial charge in [-0.05, 0) is 31.5 Å². The van der Waals surface area contributed by atoms with Crippen LogP contribution in [-0.4, -0.2) is 16.4 Å². The van der Waals surface area contributed by atoms with E-state index in [0.29, 0.717) is 5.56 Å². The third kappa shape index (κ3) is 3.13. The molecule has 0 saturated heterocycles. The predicted molar refractivity (Wildman–Crippen MR) is 76.8 cm³/mol. The maximum atomic E-state index is 9.71.